The SMILES string of the molecule is Cc1ccc([C@H](O)CNC(=O)NCCN2CCN(Cc3ccccc3)CC2)cc1. The summed E-state index contributed by atoms with van der Waals surface area (Å²) in [5.74, 6) is 0. The molecule has 1 aliphatic rings. The monoisotopic (exact) mass is 396 g/mol. The Balaban J connectivity index is 1.27. The number of hydrogen-bond acceptors (Lipinski definition) is 4. The summed E-state index contributed by atoms with van der Waals surface area (Å²) in [5, 5.41) is 15.8. The lowest BCUT2D eigenvalue weighted by atomic mass is 10.1. The third kappa shape index (κ3) is 7.16. The molecule has 0 aromatic heterocycles. The quantitative estimate of drug-likeness (QED) is 0.640. The summed E-state index contributed by atoms with van der Waals surface area (Å²) in [4.78, 5) is 16.8. The number of nitrogens with one attached hydrogen (secondary N) is 2. The predicted molar refractivity (Wildman–Crippen MR) is 116 cm³/mol. The van der Waals surface area contributed by atoms with Gasteiger partial charge in [0.05, 0.1) is 6.10 Å². The average molecular weight is 397 g/mol. The third-order valence-corrected chi connectivity index (χ3v) is 5.35. The van der Waals surface area contributed by atoms with Crippen molar-refractivity contribution in [3.05, 3.63) is 71.3 Å². The van der Waals surface area contributed by atoms with Gasteiger partial charge in [-0.05, 0) is 18.1 Å². The smallest absolute Gasteiger partial charge is 0.314 e. The molecule has 0 bridgehead atoms. The molecule has 0 spiro atoms. The fourth-order valence-electron chi connectivity index (χ4n) is 3.50. The van der Waals surface area contributed by atoms with Gasteiger partial charge in [-0.1, -0.05) is 60.2 Å². The van der Waals surface area contributed by atoms with Gasteiger partial charge in [-0.25, -0.2) is 4.79 Å². The van der Waals surface area contributed by atoms with E-state index < -0.39 is 6.10 Å². The van der Waals surface area contributed by atoms with Gasteiger partial charge in [-0.2, -0.15) is 0 Å². The van der Waals surface area contributed by atoms with Gasteiger partial charge in [0, 0.05) is 52.4 Å². The van der Waals surface area contributed by atoms with E-state index in [1.54, 1.807) is 0 Å². The number of benzene rings is 2. The molecule has 1 fully saturated rings. The second kappa shape index (κ2) is 11.0. The summed E-state index contributed by atoms with van der Waals surface area (Å²) in [6, 6.07) is 18.0. The molecule has 1 aliphatic heterocycles. The first-order chi connectivity index (χ1) is 14.1. The first-order valence-electron chi connectivity index (χ1n) is 10.3. The van der Waals surface area contributed by atoms with Crippen molar-refractivity contribution in [2.45, 2.75) is 19.6 Å². The number of aliphatic hydroxyl groups excluding tert-OH is 1. The minimum atomic E-state index is -0.695. The topological polar surface area (TPSA) is 67.8 Å². The Hall–Kier alpha value is -2.41. The molecule has 2 amide bonds. The molecule has 3 rings (SSSR count). The van der Waals surface area contributed by atoms with Gasteiger partial charge in [-0.15, -0.1) is 0 Å². The van der Waals surface area contributed by atoms with Crippen molar-refractivity contribution in [1.29, 1.82) is 0 Å². The fourth-order valence-corrected chi connectivity index (χ4v) is 3.50. The van der Waals surface area contributed by atoms with E-state index in [1.807, 2.05) is 37.3 Å². The van der Waals surface area contributed by atoms with Crippen molar-refractivity contribution in [1.82, 2.24) is 20.4 Å². The van der Waals surface area contributed by atoms with Crippen LogP contribution in [0.25, 0.3) is 0 Å². The van der Waals surface area contributed by atoms with Crippen molar-refractivity contribution in [3.63, 3.8) is 0 Å². The molecule has 0 unspecified atom stereocenters. The molecule has 0 radical (unpaired) electrons. The molecule has 6 heteroatoms. The minimum absolute atomic E-state index is 0.201. The Morgan fingerprint density at radius 1 is 0.966 bits per heavy atom. The Bertz CT molecular complexity index is 743. The van der Waals surface area contributed by atoms with Crippen LogP contribution in [0.5, 0.6) is 0 Å². The lowest BCUT2D eigenvalue weighted by molar-refractivity contribution is 0.128. The molecular weight excluding hydrogens is 364 g/mol. The highest BCUT2D eigenvalue weighted by Crippen LogP contribution is 2.12. The van der Waals surface area contributed by atoms with Crippen LogP contribution in [0.1, 0.15) is 22.8 Å². The summed E-state index contributed by atoms with van der Waals surface area (Å²) in [5.41, 5.74) is 3.31. The Morgan fingerprint density at radius 2 is 1.62 bits per heavy atom. The van der Waals surface area contributed by atoms with Gasteiger partial charge < -0.3 is 15.7 Å². The molecule has 6 nitrogen and oxygen atoms in total. The third-order valence-electron chi connectivity index (χ3n) is 5.35. The first-order valence-corrected chi connectivity index (χ1v) is 10.3. The number of piperazine rings is 1. The number of amides is 2. The summed E-state index contributed by atoms with van der Waals surface area (Å²) < 4.78 is 0. The van der Waals surface area contributed by atoms with Crippen LogP contribution in [0.3, 0.4) is 0 Å². The molecule has 29 heavy (non-hydrogen) atoms. The maximum absolute atomic E-state index is 12.0. The summed E-state index contributed by atoms with van der Waals surface area (Å²) >= 11 is 0. The van der Waals surface area contributed by atoms with E-state index in [2.05, 4.69) is 44.7 Å². The van der Waals surface area contributed by atoms with Gasteiger partial charge in [0.2, 0.25) is 0 Å². The average Bonchev–Trinajstić information content (AvgIpc) is 2.74. The number of urea groups is 1. The van der Waals surface area contributed by atoms with Crippen LogP contribution in [0.2, 0.25) is 0 Å². The van der Waals surface area contributed by atoms with E-state index in [0.717, 1.165) is 50.4 Å². The van der Waals surface area contributed by atoms with E-state index in [1.165, 1.54) is 5.56 Å². The molecule has 1 heterocycles. The van der Waals surface area contributed by atoms with Gasteiger partial charge in [0.15, 0.2) is 0 Å². The van der Waals surface area contributed by atoms with E-state index in [0.29, 0.717) is 6.54 Å². The van der Waals surface area contributed by atoms with Crippen LogP contribution in [0.4, 0.5) is 4.79 Å². The summed E-state index contributed by atoms with van der Waals surface area (Å²) in [6.07, 6.45) is -0.695. The van der Waals surface area contributed by atoms with Crippen molar-refractivity contribution in [2.24, 2.45) is 0 Å². The second-order valence-corrected chi connectivity index (χ2v) is 7.67. The van der Waals surface area contributed by atoms with Crippen molar-refractivity contribution in [3.8, 4) is 0 Å². The number of carbonyl (C=O) groups is 1. The van der Waals surface area contributed by atoms with Gasteiger partial charge >= 0.3 is 6.03 Å². The Kier molecular flexibility index (Phi) is 8.04. The number of carbonyl (C=O) groups excluding carboxylic acids is 1. The number of hydrogen-bond donors (Lipinski definition) is 3. The van der Waals surface area contributed by atoms with Crippen LogP contribution in [-0.2, 0) is 6.54 Å². The Morgan fingerprint density at radius 3 is 2.31 bits per heavy atom. The zero-order valence-electron chi connectivity index (χ0n) is 17.2. The molecule has 3 N–H and O–H groups in total. The first kappa shape index (κ1) is 21.3. The van der Waals surface area contributed by atoms with E-state index in [9.17, 15) is 9.90 Å². The normalized spacial score (nSPS) is 16.3. The number of aryl methyl sites for hydroxylation is 1. The summed E-state index contributed by atoms with van der Waals surface area (Å²) in [7, 11) is 0. The standard InChI is InChI=1S/C23H32N4O2/c1-19-7-9-21(10-8-19)22(28)17-25-23(29)24-11-12-26-13-15-27(16-14-26)18-20-5-3-2-4-6-20/h2-10,22,28H,11-18H2,1H3,(H2,24,25,29)/t22-/m1/s1. The van der Waals surface area contributed by atoms with Crippen LogP contribution < -0.4 is 10.6 Å². The lowest BCUT2D eigenvalue weighted by Crippen LogP contribution is -2.48. The highest BCUT2D eigenvalue weighted by Gasteiger charge is 2.17. The molecule has 2 aromatic carbocycles. The molecule has 1 saturated heterocycles. The maximum Gasteiger partial charge on any atom is 0.314 e. The maximum atomic E-state index is 12.0. The van der Waals surface area contributed by atoms with Crippen LogP contribution >= 0.6 is 0 Å². The van der Waals surface area contributed by atoms with Gasteiger partial charge in [0.25, 0.3) is 0 Å². The highest BCUT2D eigenvalue weighted by molar-refractivity contribution is 5.73. The molecule has 1 atom stereocenters. The van der Waals surface area contributed by atoms with Crippen LogP contribution in [0, 0.1) is 6.92 Å². The second-order valence-electron chi connectivity index (χ2n) is 7.67. The van der Waals surface area contributed by atoms with Crippen molar-refractivity contribution >= 4 is 6.03 Å². The highest BCUT2D eigenvalue weighted by atomic mass is 16.3. The number of nitrogens with zero attached hydrogens (tertiary/aromatic N) is 2. The fraction of sp³-hybridized carbons (Fsp3) is 0.435. The zero-order valence-corrected chi connectivity index (χ0v) is 17.2. The van der Waals surface area contributed by atoms with Gasteiger partial charge in [0.1, 0.15) is 0 Å². The Labute approximate surface area is 173 Å². The molecule has 0 saturated carbocycles. The zero-order chi connectivity index (χ0) is 20.5. The number of aliphatic hydroxyl groups is 1. The van der Waals surface area contributed by atoms with E-state index >= 15 is 0 Å². The lowest BCUT2D eigenvalue weighted by Gasteiger charge is -2.34. The predicted octanol–water partition coefficient (Wildman–Crippen LogP) is 2.15. The number of rotatable bonds is 8. The molecule has 2 aromatic rings. The molecule has 156 valence electrons. The van der Waals surface area contributed by atoms with Gasteiger partial charge in [-0.3, -0.25) is 9.80 Å². The largest absolute Gasteiger partial charge is 0.387 e. The molecular formula is C23H32N4O2. The minimum Gasteiger partial charge on any atom is -0.387 e. The van der Waals surface area contributed by atoms with Crippen LogP contribution in [-0.4, -0.2) is 66.8 Å². The summed E-state index contributed by atoms with van der Waals surface area (Å²) in [6.45, 7) is 8.77. The van der Waals surface area contributed by atoms with Crippen molar-refractivity contribution in [2.75, 3.05) is 45.8 Å². The van der Waals surface area contributed by atoms with Crippen LogP contribution in [0.15, 0.2) is 54.6 Å². The molecule has 0 aliphatic carbocycles. The van der Waals surface area contributed by atoms with E-state index in [4.69, 9.17) is 0 Å². The van der Waals surface area contributed by atoms with Crippen molar-refractivity contribution < 1.29 is 9.90 Å². The van der Waals surface area contributed by atoms with E-state index in [-0.39, 0.29) is 12.6 Å².